The number of aromatic nitrogens is 1. The van der Waals surface area contributed by atoms with Gasteiger partial charge in [0.05, 0.1) is 23.6 Å². The highest BCUT2D eigenvalue weighted by Crippen LogP contribution is 2.34. The van der Waals surface area contributed by atoms with E-state index in [1.165, 1.54) is 11.8 Å². The first kappa shape index (κ1) is 23.1. The number of amides is 1. The van der Waals surface area contributed by atoms with Gasteiger partial charge < -0.3 is 10.1 Å². The maximum absolute atomic E-state index is 12.5. The van der Waals surface area contributed by atoms with Crippen LogP contribution in [0.3, 0.4) is 0 Å². The molecule has 1 amide bonds. The van der Waals surface area contributed by atoms with Gasteiger partial charge >= 0.3 is 0 Å². The molecule has 0 bridgehead atoms. The van der Waals surface area contributed by atoms with Gasteiger partial charge in [-0.25, -0.2) is 4.98 Å². The maximum Gasteiger partial charge on any atom is 0.234 e. The summed E-state index contributed by atoms with van der Waals surface area (Å²) in [7, 11) is 0. The first-order valence-electron chi connectivity index (χ1n) is 10.9. The molecule has 0 atom stereocenters. The molecule has 4 aromatic rings. The largest absolute Gasteiger partial charge is 0.494 e. The first-order valence-corrected chi connectivity index (χ1v) is 11.9. The predicted octanol–water partition coefficient (Wildman–Crippen LogP) is 6.42. The van der Waals surface area contributed by atoms with Crippen molar-refractivity contribution in [3.8, 4) is 34.2 Å². The normalized spacial score (nSPS) is 10.4. The van der Waals surface area contributed by atoms with Crippen LogP contribution >= 0.6 is 11.8 Å². The highest BCUT2D eigenvalue weighted by atomic mass is 32.2. The van der Waals surface area contributed by atoms with Crippen LogP contribution in [0.25, 0.3) is 22.4 Å². The number of hydrogen-bond acceptors (Lipinski definition) is 5. The lowest BCUT2D eigenvalue weighted by atomic mass is 9.99. The molecular formula is C28H23N3O2S. The zero-order valence-corrected chi connectivity index (χ0v) is 19.5. The molecule has 4 rings (SSSR count). The van der Waals surface area contributed by atoms with Crippen molar-refractivity contribution in [3.63, 3.8) is 0 Å². The van der Waals surface area contributed by atoms with Crippen molar-refractivity contribution in [2.24, 2.45) is 0 Å². The van der Waals surface area contributed by atoms with Crippen molar-refractivity contribution in [3.05, 3.63) is 96.6 Å². The molecule has 0 aliphatic heterocycles. The molecule has 5 nitrogen and oxygen atoms in total. The number of pyridine rings is 1. The fourth-order valence-corrected chi connectivity index (χ4v) is 4.27. The Morgan fingerprint density at radius 2 is 1.65 bits per heavy atom. The summed E-state index contributed by atoms with van der Waals surface area (Å²) in [5.74, 6) is 0.766. The van der Waals surface area contributed by atoms with E-state index in [1.54, 1.807) is 0 Å². The van der Waals surface area contributed by atoms with E-state index in [1.807, 2.05) is 97.9 Å². The van der Waals surface area contributed by atoms with Gasteiger partial charge in [-0.05, 0) is 55.0 Å². The fourth-order valence-electron chi connectivity index (χ4n) is 3.47. The number of benzene rings is 3. The van der Waals surface area contributed by atoms with Crippen LogP contribution in [0.15, 0.2) is 96.0 Å². The number of carbonyl (C=O) groups excluding carboxylic acids is 1. The van der Waals surface area contributed by atoms with Crippen LogP contribution in [0.4, 0.5) is 5.69 Å². The average molecular weight is 466 g/mol. The summed E-state index contributed by atoms with van der Waals surface area (Å²) in [6.07, 6.45) is 0. The second kappa shape index (κ2) is 11.2. The smallest absolute Gasteiger partial charge is 0.234 e. The molecule has 168 valence electrons. The molecule has 1 aromatic heterocycles. The number of nitrogens with one attached hydrogen (secondary N) is 1. The quantitative estimate of drug-likeness (QED) is 0.304. The predicted molar refractivity (Wildman–Crippen MR) is 137 cm³/mol. The number of hydrogen-bond donors (Lipinski definition) is 1. The van der Waals surface area contributed by atoms with E-state index < -0.39 is 0 Å². The zero-order valence-electron chi connectivity index (χ0n) is 18.7. The van der Waals surface area contributed by atoms with Crippen LogP contribution in [-0.2, 0) is 4.79 Å². The number of rotatable bonds is 8. The Morgan fingerprint density at radius 1 is 0.971 bits per heavy atom. The number of ether oxygens (including phenoxy) is 1. The molecule has 0 saturated carbocycles. The number of nitriles is 1. The highest BCUT2D eigenvalue weighted by Gasteiger charge is 2.17. The lowest BCUT2D eigenvalue weighted by Crippen LogP contribution is -2.14. The average Bonchev–Trinajstić information content (AvgIpc) is 2.88. The van der Waals surface area contributed by atoms with Crippen molar-refractivity contribution in [1.82, 2.24) is 4.98 Å². The number of nitrogens with zero attached hydrogens (tertiary/aromatic N) is 2. The second-order valence-electron chi connectivity index (χ2n) is 7.37. The van der Waals surface area contributed by atoms with Crippen LogP contribution < -0.4 is 10.1 Å². The highest BCUT2D eigenvalue weighted by molar-refractivity contribution is 8.00. The molecule has 0 aliphatic rings. The summed E-state index contributed by atoms with van der Waals surface area (Å²) in [4.78, 5) is 17.3. The number of thioether (sulfide) groups is 1. The van der Waals surface area contributed by atoms with Gasteiger partial charge in [0.2, 0.25) is 5.91 Å². The summed E-state index contributed by atoms with van der Waals surface area (Å²) in [6, 6.07) is 31.0. The third-order valence-electron chi connectivity index (χ3n) is 5.04. The molecule has 0 spiro atoms. The minimum Gasteiger partial charge on any atom is -0.494 e. The van der Waals surface area contributed by atoms with Crippen molar-refractivity contribution < 1.29 is 9.53 Å². The van der Waals surface area contributed by atoms with Gasteiger partial charge in [-0.1, -0.05) is 60.3 Å². The molecule has 1 N–H and O–H groups in total. The van der Waals surface area contributed by atoms with E-state index in [2.05, 4.69) is 11.4 Å². The lowest BCUT2D eigenvalue weighted by molar-refractivity contribution is -0.113. The minimum atomic E-state index is -0.158. The van der Waals surface area contributed by atoms with Crippen LogP contribution in [0.5, 0.6) is 5.75 Å². The Labute approximate surface area is 203 Å². The number of para-hydroxylation sites is 1. The van der Waals surface area contributed by atoms with E-state index in [4.69, 9.17) is 9.72 Å². The third-order valence-corrected chi connectivity index (χ3v) is 6.02. The molecule has 1 heterocycles. The molecule has 34 heavy (non-hydrogen) atoms. The maximum atomic E-state index is 12.5. The van der Waals surface area contributed by atoms with Crippen molar-refractivity contribution >= 4 is 23.4 Å². The van der Waals surface area contributed by atoms with Gasteiger partial charge in [-0.2, -0.15) is 5.26 Å². The van der Waals surface area contributed by atoms with Crippen molar-refractivity contribution in [2.75, 3.05) is 17.7 Å². The van der Waals surface area contributed by atoms with Crippen LogP contribution in [0, 0.1) is 11.3 Å². The van der Waals surface area contributed by atoms with Gasteiger partial charge in [0.25, 0.3) is 0 Å². The number of carbonyl (C=O) groups is 1. The van der Waals surface area contributed by atoms with Gasteiger partial charge in [-0.3, -0.25) is 4.79 Å². The molecule has 0 unspecified atom stereocenters. The summed E-state index contributed by atoms with van der Waals surface area (Å²) in [5.41, 5.74) is 4.53. The van der Waals surface area contributed by atoms with Crippen LogP contribution in [0.1, 0.15) is 12.5 Å². The molecule has 0 aliphatic carbocycles. The van der Waals surface area contributed by atoms with Crippen molar-refractivity contribution in [1.29, 1.82) is 5.26 Å². The van der Waals surface area contributed by atoms with Gasteiger partial charge in [0.1, 0.15) is 16.8 Å². The number of anilines is 1. The molecule has 6 heteroatoms. The molecule has 0 radical (unpaired) electrons. The molecule has 3 aromatic carbocycles. The third kappa shape index (κ3) is 5.64. The standard InChI is InChI=1S/C28H23N3O2S/c1-2-33-23-15-13-21(14-16-23)26-17-24(20-9-5-3-6-10-20)25(18-29)28(31-26)34-19-27(32)30-22-11-7-4-8-12-22/h3-17H,2,19H2,1H3,(H,30,32). The summed E-state index contributed by atoms with van der Waals surface area (Å²) in [6.45, 7) is 2.54. The monoisotopic (exact) mass is 465 g/mol. The summed E-state index contributed by atoms with van der Waals surface area (Å²) in [5, 5.41) is 13.4. The molecule has 0 fully saturated rings. The van der Waals surface area contributed by atoms with Crippen LogP contribution in [-0.4, -0.2) is 23.3 Å². The van der Waals surface area contributed by atoms with Crippen LogP contribution in [0.2, 0.25) is 0 Å². The molecule has 0 saturated heterocycles. The second-order valence-corrected chi connectivity index (χ2v) is 8.34. The van der Waals surface area contributed by atoms with Gasteiger partial charge in [0, 0.05) is 16.8 Å². The Balaban J connectivity index is 1.68. The van der Waals surface area contributed by atoms with E-state index in [9.17, 15) is 10.1 Å². The minimum absolute atomic E-state index is 0.136. The summed E-state index contributed by atoms with van der Waals surface area (Å²) >= 11 is 1.26. The fraction of sp³-hybridized carbons (Fsp3) is 0.107. The topological polar surface area (TPSA) is 75.0 Å². The van der Waals surface area contributed by atoms with E-state index in [0.29, 0.717) is 17.2 Å². The Bertz CT molecular complexity index is 1300. The van der Waals surface area contributed by atoms with Gasteiger partial charge in [-0.15, -0.1) is 0 Å². The summed E-state index contributed by atoms with van der Waals surface area (Å²) < 4.78 is 5.55. The Hall–Kier alpha value is -4.08. The Morgan fingerprint density at radius 3 is 2.29 bits per heavy atom. The Kier molecular flexibility index (Phi) is 7.59. The SMILES string of the molecule is CCOc1ccc(-c2cc(-c3ccccc3)c(C#N)c(SCC(=O)Nc3ccccc3)n2)cc1. The lowest BCUT2D eigenvalue weighted by Gasteiger charge is -2.13. The molecular weight excluding hydrogens is 442 g/mol. The zero-order chi connectivity index (χ0) is 23.8. The van der Waals surface area contributed by atoms with Crippen molar-refractivity contribution in [2.45, 2.75) is 11.9 Å². The first-order chi connectivity index (χ1) is 16.7. The van der Waals surface area contributed by atoms with E-state index in [0.717, 1.165) is 33.8 Å². The van der Waals surface area contributed by atoms with E-state index in [-0.39, 0.29) is 11.7 Å². The van der Waals surface area contributed by atoms with E-state index >= 15 is 0 Å². The van der Waals surface area contributed by atoms with Gasteiger partial charge in [0.15, 0.2) is 0 Å².